The zero-order valence-electron chi connectivity index (χ0n) is 9.66. The van der Waals surface area contributed by atoms with Gasteiger partial charge < -0.3 is 5.31 Å². The van der Waals surface area contributed by atoms with Crippen molar-refractivity contribution in [3.05, 3.63) is 20.4 Å². The largest absolute Gasteiger partial charge is 0.380 e. The quantitative estimate of drug-likeness (QED) is 0.428. The van der Waals surface area contributed by atoms with Gasteiger partial charge in [-0.3, -0.25) is 9.59 Å². The summed E-state index contributed by atoms with van der Waals surface area (Å²) < 4.78 is 14.9. The molecule has 0 aromatic heterocycles. The molecule has 3 nitrogen and oxygen atoms in total. The van der Waals surface area contributed by atoms with Gasteiger partial charge in [-0.1, -0.05) is 19.7 Å². The summed E-state index contributed by atoms with van der Waals surface area (Å²) >= 11 is -1.24. The Labute approximate surface area is 83.0 Å². The Bertz CT molecular complexity index is 463. The Hall–Kier alpha value is -0.900. The highest BCUT2D eigenvalue weighted by Crippen LogP contribution is 2.14. The lowest BCUT2D eigenvalue weighted by Crippen LogP contribution is -2.36. The second kappa shape index (κ2) is 3.87. The van der Waals surface area contributed by atoms with Crippen LogP contribution in [0, 0.1) is 5.92 Å². The molecule has 0 fully saturated rings. The summed E-state index contributed by atoms with van der Waals surface area (Å²) in [6.45, 7) is 4.20. The van der Waals surface area contributed by atoms with Gasteiger partial charge in [0.1, 0.15) is 6.81 Å². The molecule has 1 atom stereocenters. The number of hydrogen-bond acceptors (Lipinski definition) is 3. The lowest BCUT2D eigenvalue weighted by Gasteiger charge is -2.11. The van der Waals surface area contributed by atoms with E-state index in [1.165, 1.54) is 0 Å². The number of nitrogens with one attached hydrogen (secondary N) is 1. The highest BCUT2D eigenvalue weighted by molar-refractivity contribution is 7.96. The van der Waals surface area contributed by atoms with Gasteiger partial charge in [-0.15, -0.1) is 0 Å². The maximum Gasteiger partial charge on any atom is 0.251 e. The molecule has 0 bridgehead atoms. The second-order valence-electron chi connectivity index (χ2n) is 3.21. The Balaban J connectivity index is 3.06. The molecular formula is C9H13NO2S. The van der Waals surface area contributed by atoms with Crippen LogP contribution in [0.3, 0.4) is 0 Å². The van der Waals surface area contributed by atoms with E-state index >= 15 is 0 Å². The van der Waals surface area contributed by atoms with Crippen molar-refractivity contribution in [1.82, 2.24) is 0 Å². The van der Waals surface area contributed by atoms with E-state index in [-0.39, 0.29) is 16.5 Å². The van der Waals surface area contributed by atoms with Gasteiger partial charge in [0.15, 0.2) is 1.41 Å². The predicted octanol–water partition coefficient (Wildman–Crippen LogP) is 0.607. The molecule has 0 saturated heterocycles. The molecule has 0 aliphatic rings. The molecule has 1 N–H and O–H groups in total. The minimum absolute atomic E-state index is 0.0574. The molecule has 72 valence electrons. The van der Waals surface area contributed by atoms with E-state index < -0.39 is 22.1 Å². The number of anilines is 1. The van der Waals surface area contributed by atoms with Gasteiger partial charge >= 0.3 is 0 Å². The van der Waals surface area contributed by atoms with E-state index in [0.29, 0.717) is 6.54 Å². The van der Waals surface area contributed by atoms with Crippen molar-refractivity contribution in [2.24, 2.45) is 5.92 Å². The van der Waals surface area contributed by atoms with Crippen LogP contribution in [-0.4, -0.2) is 13.5 Å². The molecule has 0 aliphatic carbocycles. The predicted molar refractivity (Wildman–Crippen MR) is 59.1 cm³/mol. The average molecular weight is 203 g/mol. The third kappa shape index (κ3) is 1.88. The van der Waals surface area contributed by atoms with Gasteiger partial charge in [0.2, 0.25) is 5.43 Å². The summed E-state index contributed by atoms with van der Waals surface area (Å²) in [5.74, 6) is 3.63. The Kier molecular flexibility index (Phi) is 2.23. The van der Waals surface area contributed by atoms with E-state index in [1.54, 1.807) is 0 Å². The first-order valence-corrected chi connectivity index (χ1v) is 4.99. The minimum Gasteiger partial charge on any atom is -0.380 e. The van der Waals surface area contributed by atoms with E-state index in [2.05, 4.69) is 5.87 Å². The van der Waals surface area contributed by atoms with Crippen molar-refractivity contribution < 1.29 is 1.41 Å². The molecule has 1 rings (SSSR count). The van der Waals surface area contributed by atoms with Crippen molar-refractivity contribution >= 4 is 22.8 Å². The Morgan fingerprint density at radius 3 is 2.69 bits per heavy atom. The zero-order valence-corrected chi connectivity index (χ0v) is 8.48. The standard InChI is InChI=1S/C9H13NO2S/c1-5(2)4-10-6-7(11)8(12)9(6)13-3/h5,10,13H,3-4H2,1-2H3/i13T/hT. The van der Waals surface area contributed by atoms with Gasteiger partial charge in [0, 0.05) is 6.54 Å². The van der Waals surface area contributed by atoms with Crippen LogP contribution >= 0.6 is 11.3 Å². The maximum atomic E-state index is 11.2. The van der Waals surface area contributed by atoms with Gasteiger partial charge in [0.05, 0.1) is 4.90 Å². The van der Waals surface area contributed by atoms with Crippen LogP contribution in [0.5, 0.6) is 0 Å². The lowest BCUT2D eigenvalue weighted by molar-refractivity contribution is 0.686. The maximum absolute atomic E-state index is 11.2. The minimum atomic E-state index is -1.24. The highest BCUT2D eigenvalue weighted by atomic mass is 32.1. The van der Waals surface area contributed by atoms with Crippen molar-refractivity contribution in [3.63, 3.8) is 0 Å². The summed E-state index contributed by atoms with van der Waals surface area (Å²) in [7, 11) is 0. The van der Waals surface area contributed by atoms with Crippen molar-refractivity contribution in [1.29, 1.82) is 1.12 Å². The smallest absolute Gasteiger partial charge is 0.251 e. The summed E-state index contributed by atoms with van der Waals surface area (Å²) in [4.78, 5) is 22.5. The van der Waals surface area contributed by atoms with Gasteiger partial charge in [-0.05, 0) is 5.92 Å². The molecule has 0 spiro atoms. The topological polar surface area (TPSA) is 46.2 Å². The van der Waals surface area contributed by atoms with Crippen LogP contribution in [-0.2, 0) is 0 Å². The monoisotopic (exact) mass is 203 g/mol. The van der Waals surface area contributed by atoms with Crippen LogP contribution < -0.4 is 16.2 Å². The Morgan fingerprint density at radius 1 is 1.62 bits per heavy atom. The van der Waals surface area contributed by atoms with E-state index in [4.69, 9.17) is 2.54 Å². The van der Waals surface area contributed by atoms with Gasteiger partial charge in [-0.25, -0.2) is 0 Å². The van der Waals surface area contributed by atoms with Crippen molar-refractivity contribution in [3.8, 4) is 0 Å². The zero-order chi connectivity index (χ0) is 11.7. The molecule has 13 heavy (non-hydrogen) atoms. The second-order valence-corrected chi connectivity index (χ2v) is 3.91. The Morgan fingerprint density at radius 2 is 2.23 bits per heavy atom. The normalized spacial score (nSPS) is 15.6. The summed E-state index contributed by atoms with van der Waals surface area (Å²) in [6.07, 6.45) is 0. The first-order chi connectivity index (χ1) is 6.86. The summed E-state index contributed by atoms with van der Waals surface area (Å²) in [5, 5.41) is 1.00. The number of thiol groups is 1. The number of hydrogen-bond donors (Lipinski definition) is 2. The average Bonchev–Trinajstić information content (AvgIpc) is 2.09. The number of rotatable bonds is 4. The van der Waals surface area contributed by atoms with Crippen LogP contribution in [0.4, 0.5) is 5.69 Å². The molecule has 1 aromatic carbocycles. The van der Waals surface area contributed by atoms with Crippen molar-refractivity contribution in [2.45, 2.75) is 18.7 Å². The molecule has 4 heteroatoms. The van der Waals surface area contributed by atoms with E-state index in [9.17, 15) is 9.59 Å². The van der Waals surface area contributed by atoms with Crippen LogP contribution in [0.2, 0.25) is 1.41 Å². The first kappa shape index (κ1) is 7.50. The third-order valence-electron chi connectivity index (χ3n) is 1.60. The van der Waals surface area contributed by atoms with Gasteiger partial charge in [0.25, 0.3) is 5.43 Å². The third-order valence-corrected chi connectivity index (χ3v) is 2.27. The summed E-state index contributed by atoms with van der Waals surface area (Å²) in [5.41, 5.74) is -1.25. The fourth-order valence-corrected chi connectivity index (χ4v) is 1.43. The van der Waals surface area contributed by atoms with Crippen LogP contribution in [0.1, 0.15) is 13.8 Å². The molecule has 0 heterocycles. The molecule has 0 saturated carbocycles. The summed E-state index contributed by atoms with van der Waals surface area (Å²) in [6, 6.07) is 0. The van der Waals surface area contributed by atoms with Crippen molar-refractivity contribution in [2.75, 3.05) is 11.9 Å². The first-order valence-electron chi connectivity index (χ1n) is 4.86. The molecular weight excluding hydrogens is 186 g/mol. The molecule has 1 unspecified atom stereocenters. The van der Waals surface area contributed by atoms with Crippen LogP contribution in [0.25, 0.3) is 0 Å². The SMILES string of the molecule is [3H]N(CC(C)C)c1c(S([3H])=C)c(=O)c1=O. The van der Waals surface area contributed by atoms with E-state index in [0.717, 1.165) is 5.31 Å². The molecule has 0 aliphatic heterocycles. The van der Waals surface area contributed by atoms with E-state index in [1.807, 2.05) is 13.8 Å². The van der Waals surface area contributed by atoms with Gasteiger partial charge in [-0.2, -0.15) is 11.3 Å². The molecule has 1 aromatic rings. The molecule has 0 radical (unpaired) electrons. The molecule has 0 amide bonds. The van der Waals surface area contributed by atoms with Crippen LogP contribution in [0.15, 0.2) is 14.5 Å². The fraction of sp³-hybridized carbons (Fsp3) is 0.444. The fourth-order valence-electron chi connectivity index (χ4n) is 0.910. The lowest BCUT2D eigenvalue weighted by atomic mass is 10.2. The highest BCUT2D eigenvalue weighted by Gasteiger charge is 2.17.